The van der Waals surface area contributed by atoms with Gasteiger partial charge in [-0.2, -0.15) is 5.10 Å². The highest BCUT2D eigenvalue weighted by molar-refractivity contribution is 5.14. The molecule has 2 rings (SSSR count). The van der Waals surface area contributed by atoms with E-state index in [0.717, 1.165) is 52.2 Å². The normalized spacial score (nSPS) is 19.6. The Morgan fingerprint density at radius 3 is 2.76 bits per heavy atom. The van der Waals surface area contributed by atoms with E-state index in [0.29, 0.717) is 0 Å². The second-order valence-electron chi connectivity index (χ2n) is 5.57. The first-order valence-electron chi connectivity index (χ1n) is 8.24. The summed E-state index contributed by atoms with van der Waals surface area (Å²) in [5.41, 5.74) is 1.04. The van der Waals surface area contributed by atoms with Crippen LogP contribution < -0.4 is 5.32 Å². The number of hydrogen-bond donors (Lipinski definition) is 1. The lowest BCUT2D eigenvalue weighted by atomic mass is 9.83. The van der Waals surface area contributed by atoms with E-state index in [1.54, 1.807) is 0 Å². The Morgan fingerprint density at radius 2 is 2.14 bits per heavy atom. The fourth-order valence-corrected chi connectivity index (χ4v) is 3.22. The molecule has 0 aliphatic carbocycles. The highest BCUT2D eigenvalue weighted by Crippen LogP contribution is 2.37. The van der Waals surface area contributed by atoms with Gasteiger partial charge in [-0.05, 0) is 32.9 Å². The fraction of sp³-hybridized carbons (Fsp3) is 0.812. The molecule has 1 fully saturated rings. The summed E-state index contributed by atoms with van der Waals surface area (Å²) in [6, 6.07) is 2.29. The van der Waals surface area contributed by atoms with Crippen LogP contribution in [0.3, 0.4) is 0 Å². The quantitative estimate of drug-likeness (QED) is 0.800. The van der Waals surface area contributed by atoms with Crippen molar-refractivity contribution in [2.24, 2.45) is 0 Å². The van der Waals surface area contributed by atoms with Gasteiger partial charge in [-0.15, -0.1) is 0 Å². The van der Waals surface area contributed by atoms with Gasteiger partial charge in [-0.3, -0.25) is 4.68 Å². The number of hydrogen-bond acceptors (Lipinski definition) is 4. The molecule has 0 saturated carbocycles. The summed E-state index contributed by atoms with van der Waals surface area (Å²) in [6.07, 6.45) is 4.85. The molecule has 5 nitrogen and oxygen atoms in total. The highest BCUT2D eigenvalue weighted by Gasteiger charge is 2.43. The Labute approximate surface area is 128 Å². The molecule has 2 heterocycles. The average Bonchev–Trinajstić information content (AvgIpc) is 2.97. The third-order valence-corrected chi connectivity index (χ3v) is 4.24. The Morgan fingerprint density at radius 1 is 1.38 bits per heavy atom. The second-order valence-corrected chi connectivity index (χ2v) is 5.57. The molecule has 1 aromatic rings. The number of aromatic nitrogens is 2. The standard InChI is InChI=1S/C16H29N3O2/c1-4-10-17-15(14-7-11-18-19(14)5-2)16(21-6-3)8-12-20-13-9-16/h7,11,15,17H,4-6,8-10,12-13H2,1-3H3. The van der Waals surface area contributed by atoms with Crippen molar-refractivity contribution in [3.8, 4) is 0 Å². The number of nitrogens with one attached hydrogen (secondary N) is 1. The maximum atomic E-state index is 6.27. The zero-order chi connectivity index (χ0) is 15.1. The van der Waals surface area contributed by atoms with Crippen LogP contribution in [-0.2, 0) is 16.0 Å². The Bertz CT molecular complexity index is 408. The Kier molecular flexibility index (Phi) is 6.21. The SMILES string of the molecule is CCCNC(c1ccnn1CC)C1(OCC)CCOCC1. The van der Waals surface area contributed by atoms with Crippen LogP contribution in [0.2, 0.25) is 0 Å². The lowest BCUT2D eigenvalue weighted by Crippen LogP contribution is -2.50. The molecule has 1 aliphatic heterocycles. The van der Waals surface area contributed by atoms with Gasteiger partial charge in [0.1, 0.15) is 0 Å². The molecular weight excluding hydrogens is 266 g/mol. The van der Waals surface area contributed by atoms with E-state index in [9.17, 15) is 0 Å². The monoisotopic (exact) mass is 295 g/mol. The first-order chi connectivity index (χ1) is 10.3. The summed E-state index contributed by atoms with van der Waals surface area (Å²) in [4.78, 5) is 0. The summed E-state index contributed by atoms with van der Waals surface area (Å²) in [5.74, 6) is 0. The molecule has 0 radical (unpaired) electrons. The molecule has 21 heavy (non-hydrogen) atoms. The molecule has 120 valence electrons. The van der Waals surface area contributed by atoms with Gasteiger partial charge in [0.05, 0.1) is 17.3 Å². The van der Waals surface area contributed by atoms with Crippen LogP contribution in [0.4, 0.5) is 0 Å². The van der Waals surface area contributed by atoms with E-state index in [1.165, 1.54) is 5.69 Å². The summed E-state index contributed by atoms with van der Waals surface area (Å²) >= 11 is 0. The Hall–Kier alpha value is -0.910. The number of ether oxygens (including phenoxy) is 2. The number of rotatable bonds is 8. The largest absolute Gasteiger partial charge is 0.381 e. The van der Waals surface area contributed by atoms with Crippen LogP contribution in [-0.4, -0.2) is 41.7 Å². The predicted molar refractivity (Wildman–Crippen MR) is 83.3 cm³/mol. The van der Waals surface area contributed by atoms with Crippen molar-refractivity contribution in [3.05, 3.63) is 18.0 Å². The zero-order valence-corrected chi connectivity index (χ0v) is 13.6. The minimum absolute atomic E-state index is 0.170. The summed E-state index contributed by atoms with van der Waals surface area (Å²) in [7, 11) is 0. The maximum absolute atomic E-state index is 6.27. The van der Waals surface area contributed by atoms with Crippen LogP contribution >= 0.6 is 0 Å². The van der Waals surface area contributed by atoms with Gasteiger partial charge in [0.2, 0.25) is 0 Å². The molecule has 1 aromatic heterocycles. The topological polar surface area (TPSA) is 48.3 Å². The first-order valence-corrected chi connectivity index (χ1v) is 8.24. The summed E-state index contributed by atoms with van der Waals surface area (Å²) < 4.78 is 13.9. The van der Waals surface area contributed by atoms with Gasteiger partial charge in [-0.1, -0.05) is 6.92 Å². The zero-order valence-electron chi connectivity index (χ0n) is 13.6. The maximum Gasteiger partial charge on any atom is 0.0935 e. The second kappa shape index (κ2) is 7.92. The molecule has 0 aromatic carbocycles. The van der Waals surface area contributed by atoms with Crippen LogP contribution in [0.15, 0.2) is 12.3 Å². The predicted octanol–water partition coefficient (Wildman–Crippen LogP) is 2.53. The van der Waals surface area contributed by atoms with Crippen molar-refractivity contribution < 1.29 is 9.47 Å². The molecule has 1 aliphatic rings. The van der Waals surface area contributed by atoms with Crippen LogP contribution in [0, 0.1) is 0 Å². The van der Waals surface area contributed by atoms with Crippen molar-refractivity contribution in [2.75, 3.05) is 26.4 Å². The van der Waals surface area contributed by atoms with E-state index in [-0.39, 0.29) is 11.6 Å². The van der Waals surface area contributed by atoms with Crippen LogP contribution in [0.25, 0.3) is 0 Å². The Balaban J connectivity index is 2.31. The highest BCUT2D eigenvalue weighted by atomic mass is 16.5. The van der Waals surface area contributed by atoms with Crippen molar-refractivity contribution >= 4 is 0 Å². The van der Waals surface area contributed by atoms with Crippen molar-refractivity contribution in [1.29, 1.82) is 0 Å². The first kappa shape index (κ1) is 16.5. The van der Waals surface area contributed by atoms with E-state index < -0.39 is 0 Å². The molecule has 0 bridgehead atoms. The van der Waals surface area contributed by atoms with Crippen molar-refractivity contribution in [2.45, 2.75) is 58.2 Å². The molecule has 1 N–H and O–H groups in total. The van der Waals surface area contributed by atoms with Gasteiger partial charge < -0.3 is 14.8 Å². The molecule has 1 atom stereocenters. The van der Waals surface area contributed by atoms with Crippen molar-refractivity contribution in [3.63, 3.8) is 0 Å². The minimum atomic E-state index is -0.185. The van der Waals surface area contributed by atoms with E-state index >= 15 is 0 Å². The van der Waals surface area contributed by atoms with E-state index in [4.69, 9.17) is 9.47 Å². The third-order valence-electron chi connectivity index (χ3n) is 4.24. The number of aryl methyl sites for hydroxylation is 1. The van der Waals surface area contributed by atoms with Crippen molar-refractivity contribution in [1.82, 2.24) is 15.1 Å². The van der Waals surface area contributed by atoms with Gasteiger partial charge >= 0.3 is 0 Å². The smallest absolute Gasteiger partial charge is 0.0935 e. The lowest BCUT2D eigenvalue weighted by Gasteiger charge is -2.43. The van der Waals surface area contributed by atoms with Gasteiger partial charge in [0.15, 0.2) is 0 Å². The molecule has 0 amide bonds. The van der Waals surface area contributed by atoms with Crippen LogP contribution in [0.1, 0.15) is 51.8 Å². The van der Waals surface area contributed by atoms with Crippen LogP contribution in [0.5, 0.6) is 0 Å². The molecule has 0 spiro atoms. The van der Waals surface area contributed by atoms with Gasteiger partial charge in [-0.25, -0.2) is 0 Å². The summed E-state index contributed by atoms with van der Waals surface area (Å²) in [6.45, 7) is 10.5. The fourth-order valence-electron chi connectivity index (χ4n) is 3.22. The molecule has 1 saturated heterocycles. The molecule has 1 unspecified atom stereocenters. The number of nitrogens with zero attached hydrogens (tertiary/aromatic N) is 2. The van der Waals surface area contributed by atoms with E-state index in [2.05, 4.69) is 41.9 Å². The minimum Gasteiger partial charge on any atom is -0.381 e. The molecular formula is C16H29N3O2. The van der Waals surface area contributed by atoms with Gasteiger partial charge in [0.25, 0.3) is 0 Å². The third kappa shape index (κ3) is 3.65. The van der Waals surface area contributed by atoms with E-state index in [1.807, 2.05) is 6.20 Å². The lowest BCUT2D eigenvalue weighted by molar-refractivity contribution is -0.129. The summed E-state index contributed by atoms with van der Waals surface area (Å²) in [5, 5.41) is 8.14. The molecule has 5 heteroatoms. The van der Waals surface area contributed by atoms with Gasteiger partial charge in [0, 0.05) is 45.4 Å². The average molecular weight is 295 g/mol.